The molecule has 4 nitrogen and oxygen atoms in total. The number of nitrogens with one attached hydrogen (secondary N) is 2. The van der Waals surface area contributed by atoms with Crippen LogP contribution in [0.25, 0.3) is 0 Å². The van der Waals surface area contributed by atoms with Crippen LogP contribution in [0.3, 0.4) is 0 Å². The molecule has 0 bridgehead atoms. The van der Waals surface area contributed by atoms with Crippen molar-refractivity contribution in [2.75, 3.05) is 0 Å². The molecular formula is C13H16Cl2N2O2. The second-order valence-electron chi connectivity index (χ2n) is 4.45. The van der Waals surface area contributed by atoms with Gasteiger partial charge in [0.2, 0.25) is 12.3 Å². The molecule has 0 saturated heterocycles. The zero-order chi connectivity index (χ0) is 14.4. The van der Waals surface area contributed by atoms with Gasteiger partial charge >= 0.3 is 0 Å². The summed E-state index contributed by atoms with van der Waals surface area (Å²) in [4.78, 5) is 22.5. The molecule has 0 radical (unpaired) electrons. The SMILES string of the molecule is CC(C)NC(=O)[C@@H](Cc1ccc(Cl)c(Cl)c1)NC=O. The summed E-state index contributed by atoms with van der Waals surface area (Å²) in [6.07, 6.45) is 0.871. The van der Waals surface area contributed by atoms with E-state index in [-0.39, 0.29) is 11.9 Å². The van der Waals surface area contributed by atoms with Crippen LogP contribution in [0.5, 0.6) is 0 Å². The smallest absolute Gasteiger partial charge is 0.243 e. The van der Waals surface area contributed by atoms with Gasteiger partial charge in [0.1, 0.15) is 6.04 Å². The first-order valence-electron chi connectivity index (χ1n) is 5.88. The molecule has 0 spiro atoms. The van der Waals surface area contributed by atoms with E-state index in [1.807, 2.05) is 13.8 Å². The Morgan fingerprint density at radius 1 is 1.32 bits per heavy atom. The zero-order valence-electron chi connectivity index (χ0n) is 10.7. The van der Waals surface area contributed by atoms with Gasteiger partial charge in [0.05, 0.1) is 10.0 Å². The van der Waals surface area contributed by atoms with Crippen LogP contribution in [0.2, 0.25) is 10.0 Å². The van der Waals surface area contributed by atoms with Crippen molar-refractivity contribution in [2.45, 2.75) is 32.4 Å². The fourth-order valence-corrected chi connectivity index (χ4v) is 1.92. The Bertz CT molecular complexity index is 464. The van der Waals surface area contributed by atoms with Crippen molar-refractivity contribution in [3.63, 3.8) is 0 Å². The third-order valence-electron chi connectivity index (χ3n) is 2.44. The van der Waals surface area contributed by atoms with Gasteiger partial charge in [0, 0.05) is 12.5 Å². The average molecular weight is 303 g/mol. The molecule has 0 aliphatic carbocycles. The van der Waals surface area contributed by atoms with Crippen LogP contribution in [0.4, 0.5) is 0 Å². The largest absolute Gasteiger partial charge is 0.352 e. The van der Waals surface area contributed by atoms with E-state index in [0.717, 1.165) is 5.56 Å². The Labute approximate surface area is 122 Å². The highest BCUT2D eigenvalue weighted by atomic mass is 35.5. The average Bonchev–Trinajstić information content (AvgIpc) is 2.32. The van der Waals surface area contributed by atoms with Gasteiger partial charge in [-0.2, -0.15) is 0 Å². The van der Waals surface area contributed by atoms with Gasteiger partial charge < -0.3 is 10.6 Å². The van der Waals surface area contributed by atoms with E-state index < -0.39 is 6.04 Å². The molecule has 1 atom stereocenters. The summed E-state index contributed by atoms with van der Waals surface area (Å²) in [5.74, 6) is -0.229. The maximum Gasteiger partial charge on any atom is 0.243 e. The van der Waals surface area contributed by atoms with Crippen molar-refractivity contribution in [3.8, 4) is 0 Å². The quantitative estimate of drug-likeness (QED) is 0.791. The Morgan fingerprint density at radius 3 is 2.53 bits per heavy atom. The van der Waals surface area contributed by atoms with Crippen LogP contribution < -0.4 is 10.6 Å². The van der Waals surface area contributed by atoms with Gasteiger partial charge in [-0.1, -0.05) is 29.3 Å². The predicted octanol–water partition coefficient (Wildman–Crippen LogP) is 2.18. The molecule has 0 aliphatic heterocycles. The van der Waals surface area contributed by atoms with Crippen molar-refractivity contribution >= 4 is 35.5 Å². The standard InChI is InChI=1S/C13H16Cl2N2O2/c1-8(2)17-13(19)12(16-7-18)6-9-3-4-10(14)11(15)5-9/h3-5,7-8,12H,6H2,1-2H3,(H,16,18)(H,17,19)/t12-/m1/s1. The molecule has 0 aliphatic rings. The number of halogens is 2. The first-order valence-corrected chi connectivity index (χ1v) is 6.63. The topological polar surface area (TPSA) is 58.2 Å². The summed E-state index contributed by atoms with van der Waals surface area (Å²) < 4.78 is 0. The van der Waals surface area contributed by atoms with Crippen LogP contribution >= 0.6 is 23.2 Å². The van der Waals surface area contributed by atoms with E-state index in [9.17, 15) is 9.59 Å². The third-order valence-corrected chi connectivity index (χ3v) is 3.18. The number of hydrogen-bond donors (Lipinski definition) is 2. The fraction of sp³-hybridized carbons (Fsp3) is 0.385. The number of benzene rings is 1. The molecule has 104 valence electrons. The second-order valence-corrected chi connectivity index (χ2v) is 5.27. The zero-order valence-corrected chi connectivity index (χ0v) is 12.3. The van der Waals surface area contributed by atoms with Gasteiger partial charge in [-0.25, -0.2) is 0 Å². The Kier molecular flexibility index (Phi) is 6.12. The highest BCUT2D eigenvalue weighted by Gasteiger charge is 2.19. The van der Waals surface area contributed by atoms with Gasteiger partial charge in [-0.15, -0.1) is 0 Å². The minimum atomic E-state index is -0.628. The molecule has 2 N–H and O–H groups in total. The van der Waals surface area contributed by atoms with Crippen molar-refractivity contribution in [1.82, 2.24) is 10.6 Å². The summed E-state index contributed by atoms with van der Waals surface area (Å²) in [6.45, 7) is 3.71. The van der Waals surface area contributed by atoms with Gasteiger partial charge in [-0.05, 0) is 31.5 Å². The fourth-order valence-electron chi connectivity index (χ4n) is 1.60. The summed E-state index contributed by atoms with van der Waals surface area (Å²) in [7, 11) is 0. The Morgan fingerprint density at radius 2 is 2.00 bits per heavy atom. The molecule has 1 aromatic carbocycles. The van der Waals surface area contributed by atoms with Crippen LogP contribution in [0, 0.1) is 0 Å². The summed E-state index contributed by atoms with van der Waals surface area (Å²) >= 11 is 11.7. The molecule has 6 heteroatoms. The first kappa shape index (κ1) is 15.8. The van der Waals surface area contributed by atoms with Gasteiger partial charge in [0.25, 0.3) is 0 Å². The number of rotatable bonds is 6. The van der Waals surface area contributed by atoms with Crippen LogP contribution in [-0.4, -0.2) is 24.4 Å². The van der Waals surface area contributed by atoms with Crippen molar-refractivity contribution in [1.29, 1.82) is 0 Å². The number of amides is 2. The van der Waals surface area contributed by atoms with Crippen molar-refractivity contribution < 1.29 is 9.59 Å². The lowest BCUT2D eigenvalue weighted by atomic mass is 10.1. The molecule has 0 heterocycles. The molecule has 1 aromatic rings. The minimum absolute atomic E-state index is 0.0113. The lowest BCUT2D eigenvalue weighted by molar-refractivity contribution is -0.125. The molecule has 2 amide bonds. The highest BCUT2D eigenvalue weighted by Crippen LogP contribution is 2.23. The minimum Gasteiger partial charge on any atom is -0.352 e. The molecule has 0 fully saturated rings. The number of carbonyl (C=O) groups excluding carboxylic acids is 2. The Balaban J connectivity index is 2.79. The van der Waals surface area contributed by atoms with Crippen LogP contribution in [0.15, 0.2) is 18.2 Å². The predicted molar refractivity (Wildman–Crippen MR) is 76.4 cm³/mol. The molecule has 19 heavy (non-hydrogen) atoms. The van der Waals surface area contributed by atoms with Crippen molar-refractivity contribution in [3.05, 3.63) is 33.8 Å². The molecular weight excluding hydrogens is 287 g/mol. The van der Waals surface area contributed by atoms with E-state index in [2.05, 4.69) is 10.6 Å². The van der Waals surface area contributed by atoms with Crippen LogP contribution in [0.1, 0.15) is 19.4 Å². The molecule has 1 rings (SSSR count). The Hall–Kier alpha value is -1.26. The normalized spacial score (nSPS) is 12.1. The lowest BCUT2D eigenvalue weighted by Gasteiger charge is -2.18. The van der Waals surface area contributed by atoms with Crippen molar-refractivity contribution in [2.24, 2.45) is 0 Å². The summed E-state index contributed by atoms with van der Waals surface area (Å²) in [5.41, 5.74) is 0.827. The number of hydrogen-bond acceptors (Lipinski definition) is 2. The monoisotopic (exact) mass is 302 g/mol. The highest BCUT2D eigenvalue weighted by molar-refractivity contribution is 6.42. The van der Waals surface area contributed by atoms with E-state index in [4.69, 9.17) is 23.2 Å². The van der Waals surface area contributed by atoms with Crippen LogP contribution in [-0.2, 0) is 16.0 Å². The third kappa shape index (κ3) is 5.09. The maximum atomic E-state index is 11.9. The van der Waals surface area contributed by atoms with E-state index in [1.54, 1.807) is 18.2 Å². The van der Waals surface area contributed by atoms with Gasteiger partial charge in [-0.3, -0.25) is 9.59 Å². The second kappa shape index (κ2) is 7.36. The summed E-state index contributed by atoms with van der Waals surface area (Å²) in [5, 5.41) is 6.14. The molecule has 0 saturated carbocycles. The molecule has 0 unspecified atom stereocenters. The molecule has 0 aromatic heterocycles. The van der Waals surface area contributed by atoms with E-state index in [1.165, 1.54) is 0 Å². The maximum absolute atomic E-state index is 11.9. The van der Waals surface area contributed by atoms with Gasteiger partial charge in [0.15, 0.2) is 0 Å². The lowest BCUT2D eigenvalue weighted by Crippen LogP contribution is -2.47. The number of carbonyl (C=O) groups is 2. The van der Waals surface area contributed by atoms with E-state index >= 15 is 0 Å². The summed E-state index contributed by atoms with van der Waals surface area (Å²) in [6, 6.07) is 4.51. The van der Waals surface area contributed by atoms with E-state index in [0.29, 0.717) is 22.9 Å². The first-order chi connectivity index (χ1) is 8.93.